The average Bonchev–Trinajstić information content (AvgIpc) is 1.94. The van der Waals surface area contributed by atoms with Gasteiger partial charge in [0.15, 0.2) is 0 Å². The van der Waals surface area contributed by atoms with E-state index < -0.39 is 26.6 Å². The molecular weight excluding hydrogens is 1160 g/mol. The van der Waals surface area contributed by atoms with Crippen LogP contribution in [0.4, 0.5) is 0 Å². The first-order chi connectivity index (χ1) is 45.5. The van der Waals surface area contributed by atoms with Gasteiger partial charge in [0.2, 0.25) is 5.91 Å². The van der Waals surface area contributed by atoms with Gasteiger partial charge in [-0.25, -0.2) is 0 Å². The number of nitrogens with zero attached hydrogens (tertiary/aromatic N) is 1. The molecule has 3 unspecified atom stereocenters. The van der Waals surface area contributed by atoms with Crippen LogP contribution in [0.1, 0.15) is 316 Å². The number of aliphatic hydroxyl groups is 1. The maximum atomic E-state index is 13.1. The van der Waals surface area contributed by atoms with Crippen molar-refractivity contribution in [2.24, 2.45) is 0 Å². The van der Waals surface area contributed by atoms with Crippen LogP contribution in [-0.4, -0.2) is 68.5 Å². The van der Waals surface area contributed by atoms with Crippen molar-refractivity contribution in [2.75, 3.05) is 40.9 Å². The molecule has 8 nitrogen and oxygen atoms in total. The summed E-state index contributed by atoms with van der Waals surface area (Å²) in [4.78, 5) is 25.7. The third-order valence-corrected chi connectivity index (χ3v) is 17.4. The van der Waals surface area contributed by atoms with E-state index in [2.05, 4.69) is 165 Å². The lowest BCUT2D eigenvalue weighted by Crippen LogP contribution is -2.45. The zero-order valence-corrected chi connectivity index (χ0v) is 61.8. The zero-order valence-electron chi connectivity index (χ0n) is 60.9. The summed E-state index contributed by atoms with van der Waals surface area (Å²) in [6.45, 7) is 4.51. The number of likely N-dealkylation sites (N-methyl/N-ethyl adjacent to an activating group) is 1. The van der Waals surface area contributed by atoms with Crippen molar-refractivity contribution < 1.29 is 32.9 Å². The Labute approximate surface area is 575 Å². The number of unbranched alkanes of at least 4 members (excludes halogenated alkanes) is 32. The summed E-state index contributed by atoms with van der Waals surface area (Å²) in [5, 5.41) is 13.9. The molecule has 0 aliphatic rings. The van der Waals surface area contributed by atoms with Gasteiger partial charge in [0.1, 0.15) is 13.2 Å². The van der Waals surface area contributed by atoms with Crippen molar-refractivity contribution in [1.29, 1.82) is 0 Å². The second kappa shape index (κ2) is 72.4. The molecule has 93 heavy (non-hydrogen) atoms. The molecule has 0 aromatic carbocycles. The molecule has 0 aromatic rings. The third kappa shape index (κ3) is 75.4. The highest BCUT2D eigenvalue weighted by molar-refractivity contribution is 7.45. The lowest BCUT2D eigenvalue weighted by Gasteiger charge is -2.29. The highest BCUT2D eigenvalue weighted by atomic mass is 31.2. The van der Waals surface area contributed by atoms with Gasteiger partial charge in [-0.05, 0) is 116 Å². The number of carbonyl (C=O) groups is 1. The van der Waals surface area contributed by atoms with E-state index in [1.54, 1.807) is 6.08 Å². The van der Waals surface area contributed by atoms with Crippen molar-refractivity contribution >= 4 is 13.7 Å². The van der Waals surface area contributed by atoms with Crippen LogP contribution in [0.3, 0.4) is 0 Å². The van der Waals surface area contributed by atoms with Crippen LogP contribution < -0.4 is 10.2 Å². The fourth-order valence-electron chi connectivity index (χ4n) is 10.6. The molecule has 3 atom stereocenters. The summed E-state index contributed by atoms with van der Waals surface area (Å²) in [6.07, 6.45) is 112. The van der Waals surface area contributed by atoms with Gasteiger partial charge < -0.3 is 28.8 Å². The molecule has 9 heteroatoms. The fourth-order valence-corrected chi connectivity index (χ4v) is 11.3. The number of rotatable bonds is 69. The summed E-state index contributed by atoms with van der Waals surface area (Å²) in [7, 11) is 1.21. The maximum absolute atomic E-state index is 13.1. The van der Waals surface area contributed by atoms with E-state index in [1.165, 1.54) is 167 Å². The molecule has 0 rings (SSSR count). The molecule has 0 bridgehead atoms. The summed E-state index contributed by atoms with van der Waals surface area (Å²) in [6, 6.07) is -0.929. The van der Waals surface area contributed by atoms with Gasteiger partial charge in [-0.2, -0.15) is 0 Å². The number of phosphoric ester groups is 1. The second-order valence-corrected chi connectivity index (χ2v) is 28.0. The molecule has 0 spiro atoms. The smallest absolute Gasteiger partial charge is 0.268 e. The van der Waals surface area contributed by atoms with Crippen LogP contribution in [0.15, 0.2) is 158 Å². The second-order valence-electron chi connectivity index (χ2n) is 26.6. The van der Waals surface area contributed by atoms with Crippen molar-refractivity contribution in [2.45, 2.75) is 328 Å². The molecule has 0 aromatic heterocycles. The molecule has 1 amide bonds. The van der Waals surface area contributed by atoms with Crippen LogP contribution in [-0.2, 0) is 18.4 Å². The molecule has 0 saturated heterocycles. The number of hydrogen-bond donors (Lipinski definition) is 2. The quantitative estimate of drug-likeness (QED) is 0.0272. The minimum absolute atomic E-state index is 0.0184. The molecule has 0 radical (unpaired) electrons. The number of amides is 1. The van der Waals surface area contributed by atoms with E-state index in [4.69, 9.17) is 9.05 Å². The summed E-state index contributed by atoms with van der Waals surface area (Å²) in [5.74, 6) is -0.229. The highest BCUT2D eigenvalue weighted by Crippen LogP contribution is 2.38. The van der Waals surface area contributed by atoms with Crippen molar-refractivity contribution in [3.05, 3.63) is 158 Å². The molecule has 0 aliphatic heterocycles. The molecule has 2 N–H and O–H groups in total. The topological polar surface area (TPSA) is 108 Å². The zero-order chi connectivity index (χ0) is 67.6. The van der Waals surface area contributed by atoms with Crippen LogP contribution in [0.2, 0.25) is 0 Å². The normalized spacial score (nSPS) is 14.4. The minimum atomic E-state index is -4.63. The molecule has 0 heterocycles. The Morgan fingerprint density at radius 1 is 0.387 bits per heavy atom. The van der Waals surface area contributed by atoms with Crippen LogP contribution in [0.5, 0.6) is 0 Å². The van der Waals surface area contributed by atoms with Crippen molar-refractivity contribution in [3.63, 3.8) is 0 Å². The predicted octanol–water partition coefficient (Wildman–Crippen LogP) is 24.6. The number of quaternary nitrogens is 1. The molecule has 0 saturated carbocycles. The number of carbonyl (C=O) groups excluding carboxylic acids is 1. The molecule has 532 valence electrons. The average molecular weight is 1310 g/mol. The Morgan fingerprint density at radius 2 is 0.667 bits per heavy atom. The van der Waals surface area contributed by atoms with Gasteiger partial charge >= 0.3 is 0 Å². The number of phosphoric acid groups is 1. The van der Waals surface area contributed by atoms with Gasteiger partial charge in [-0.1, -0.05) is 352 Å². The minimum Gasteiger partial charge on any atom is -0.756 e. The van der Waals surface area contributed by atoms with Crippen LogP contribution in [0.25, 0.3) is 0 Å². The monoisotopic (exact) mass is 1310 g/mol. The Morgan fingerprint density at radius 3 is 1.00 bits per heavy atom. The maximum Gasteiger partial charge on any atom is 0.268 e. The molecular formula is C84H145N2O6P. The van der Waals surface area contributed by atoms with Gasteiger partial charge in [0.25, 0.3) is 7.82 Å². The number of aliphatic hydroxyl groups excluding tert-OH is 1. The summed E-state index contributed by atoms with van der Waals surface area (Å²) in [5.41, 5.74) is 0. The first-order valence-corrected chi connectivity index (χ1v) is 39.8. The van der Waals surface area contributed by atoms with E-state index in [9.17, 15) is 19.4 Å². The van der Waals surface area contributed by atoms with Crippen LogP contribution in [0, 0.1) is 0 Å². The van der Waals surface area contributed by atoms with Gasteiger partial charge in [-0.15, -0.1) is 0 Å². The molecule has 0 fully saturated rings. The van der Waals surface area contributed by atoms with Crippen LogP contribution >= 0.6 is 7.82 Å². The van der Waals surface area contributed by atoms with E-state index in [1.807, 2.05) is 27.2 Å². The Kier molecular flexibility index (Phi) is 69.4. The van der Waals surface area contributed by atoms with Gasteiger partial charge in [-0.3, -0.25) is 9.36 Å². The third-order valence-electron chi connectivity index (χ3n) is 16.5. The fraction of sp³-hybridized carbons (Fsp3) is 0.679. The standard InChI is InChI=1S/C84H145N2O6P/c1-6-8-10-12-14-16-18-20-22-24-26-28-30-32-34-36-38-40-41-42-43-44-45-46-48-50-52-54-56-58-60-62-64-66-68-70-72-74-76-78-84(88)85-82(81-92-93(89,90)91-80-79-86(3,4)5)83(87)77-75-73-71-69-67-65-63-61-59-57-55-53-51-49-47-39-37-35-33-31-29-27-25-23-21-19-17-15-13-11-9-7-2/h8,10,14,16,20,22,26,28,32,34,38,40,42-43,45-46,50,52,56,58,62,64,67,69,75,77,82-83,87H,6-7,9,11-13,15,17-19,21,23-25,27,29-31,33,35-37,39,41,44,47-49,51,53-55,57,59-61,63,65-66,68,70-74,76,78-81H2,1-5H3,(H-,85,88,89,90)/b10-8-,16-14-,22-20-,28-26-,34-32-,40-38-,43-42-,46-45-,52-50-,58-56-,64-62-,69-67+,77-75+. The lowest BCUT2D eigenvalue weighted by molar-refractivity contribution is -0.870. The van der Waals surface area contributed by atoms with Gasteiger partial charge in [0, 0.05) is 6.42 Å². The number of nitrogens with one attached hydrogen (secondary N) is 1. The SMILES string of the molecule is CC/C=C\C/C=C\C/C=C\C/C=C\C/C=C\C/C=C\C/C=C\C/C=C\C/C=C\C/C=C\C/C=C\CCCCCCCC(=O)NC(COP(=O)([O-])OCC[N+](C)(C)C)C(O)/C=C/CC/C=C/CCCCCCCCCCCCCCCCCCCCCCCCCCCC. The first-order valence-electron chi connectivity index (χ1n) is 38.3. The van der Waals surface area contributed by atoms with E-state index in [-0.39, 0.29) is 12.5 Å². The van der Waals surface area contributed by atoms with Crippen molar-refractivity contribution in [3.8, 4) is 0 Å². The number of hydrogen-bond acceptors (Lipinski definition) is 6. The predicted molar refractivity (Wildman–Crippen MR) is 408 cm³/mol. The Balaban J connectivity index is 4.18. The Bertz CT molecular complexity index is 2080. The van der Waals surface area contributed by atoms with E-state index in [0.29, 0.717) is 17.4 Å². The van der Waals surface area contributed by atoms with E-state index >= 15 is 0 Å². The van der Waals surface area contributed by atoms with Crippen molar-refractivity contribution in [1.82, 2.24) is 5.32 Å². The van der Waals surface area contributed by atoms with E-state index in [0.717, 1.165) is 128 Å². The van der Waals surface area contributed by atoms with Gasteiger partial charge in [0.05, 0.1) is 39.9 Å². The summed E-state index contributed by atoms with van der Waals surface area (Å²) < 4.78 is 23.5. The highest BCUT2D eigenvalue weighted by Gasteiger charge is 2.23. The first kappa shape index (κ1) is 89.1. The summed E-state index contributed by atoms with van der Waals surface area (Å²) >= 11 is 0. The number of allylic oxidation sites excluding steroid dienone is 25. The largest absolute Gasteiger partial charge is 0.756 e. The lowest BCUT2D eigenvalue weighted by atomic mass is 10.0. The molecule has 0 aliphatic carbocycles. The Hall–Kier alpha value is -3.88.